The van der Waals surface area contributed by atoms with E-state index in [2.05, 4.69) is 18.7 Å². The van der Waals surface area contributed by atoms with E-state index in [1.807, 2.05) is 4.90 Å². The van der Waals surface area contributed by atoms with Gasteiger partial charge in [0.1, 0.15) is 0 Å². The van der Waals surface area contributed by atoms with Crippen LogP contribution in [0.2, 0.25) is 0 Å². The zero-order valence-corrected chi connectivity index (χ0v) is 13.8. The van der Waals surface area contributed by atoms with Crippen molar-refractivity contribution in [3.05, 3.63) is 0 Å². The fourth-order valence-electron chi connectivity index (χ4n) is 3.90. The molecule has 1 aliphatic heterocycles. The van der Waals surface area contributed by atoms with Crippen LogP contribution in [0, 0.1) is 5.41 Å². The van der Waals surface area contributed by atoms with Gasteiger partial charge >= 0.3 is 0 Å². The number of amides is 1. The first kappa shape index (κ1) is 16.8. The molecule has 0 radical (unpaired) electrons. The van der Waals surface area contributed by atoms with E-state index < -0.39 is 0 Å². The molecule has 2 aliphatic rings. The van der Waals surface area contributed by atoms with Crippen LogP contribution in [0.15, 0.2) is 0 Å². The fourth-order valence-corrected chi connectivity index (χ4v) is 3.90. The quantitative estimate of drug-likeness (QED) is 0.846. The van der Waals surface area contributed by atoms with Crippen molar-refractivity contribution in [2.24, 2.45) is 5.41 Å². The van der Waals surface area contributed by atoms with Crippen LogP contribution in [0.3, 0.4) is 0 Å². The fraction of sp³-hybridized carbons (Fsp3) is 0.941. The van der Waals surface area contributed by atoms with E-state index in [0.717, 1.165) is 39.0 Å². The number of aliphatic hydroxyl groups excluding tert-OH is 1. The number of rotatable bonds is 5. The molecular formula is C17H32N2O2. The summed E-state index contributed by atoms with van der Waals surface area (Å²) in [4.78, 5) is 16.9. The highest BCUT2D eigenvalue weighted by atomic mass is 16.3. The molecular weight excluding hydrogens is 264 g/mol. The molecule has 2 rings (SSSR count). The number of hydrogen-bond acceptors (Lipinski definition) is 3. The van der Waals surface area contributed by atoms with E-state index in [4.69, 9.17) is 0 Å². The molecule has 4 heteroatoms. The normalized spacial score (nSPS) is 24.8. The number of piperazine rings is 1. The summed E-state index contributed by atoms with van der Waals surface area (Å²) >= 11 is 0. The third-order valence-electron chi connectivity index (χ3n) is 5.50. The molecule has 1 heterocycles. The average Bonchev–Trinajstić information content (AvgIpc) is 2.49. The van der Waals surface area contributed by atoms with Gasteiger partial charge in [0.05, 0.1) is 6.61 Å². The Balaban J connectivity index is 1.80. The van der Waals surface area contributed by atoms with Gasteiger partial charge in [-0.2, -0.15) is 0 Å². The van der Waals surface area contributed by atoms with Crippen LogP contribution in [-0.2, 0) is 4.79 Å². The van der Waals surface area contributed by atoms with Crippen LogP contribution in [0.1, 0.15) is 58.8 Å². The zero-order chi connectivity index (χ0) is 15.3. The van der Waals surface area contributed by atoms with Gasteiger partial charge in [-0.15, -0.1) is 0 Å². The Bertz CT molecular complexity index is 328. The standard InChI is InChI=1S/C17H32N2O2/c1-3-15(14-20)18-9-11-19(12-10-18)16(21)13-17(2)7-5-4-6-8-17/h15,20H,3-14H2,1-2H3. The van der Waals surface area contributed by atoms with Gasteiger partial charge in [-0.1, -0.05) is 33.1 Å². The number of nitrogens with zero attached hydrogens (tertiary/aromatic N) is 2. The molecule has 1 saturated carbocycles. The van der Waals surface area contributed by atoms with E-state index in [1.165, 1.54) is 32.1 Å². The maximum atomic E-state index is 12.5. The maximum absolute atomic E-state index is 12.5. The second kappa shape index (κ2) is 7.59. The molecule has 0 aromatic heterocycles. The van der Waals surface area contributed by atoms with Crippen molar-refractivity contribution in [2.75, 3.05) is 32.8 Å². The molecule has 1 N–H and O–H groups in total. The second-order valence-electron chi connectivity index (χ2n) is 7.21. The average molecular weight is 296 g/mol. The minimum atomic E-state index is 0.225. The summed E-state index contributed by atoms with van der Waals surface area (Å²) in [6, 6.07) is 0.262. The lowest BCUT2D eigenvalue weighted by atomic mass is 9.73. The summed E-state index contributed by atoms with van der Waals surface area (Å²) < 4.78 is 0. The van der Waals surface area contributed by atoms with Gasteiger partial charge in [-0.3, -0.25) is 9.69 Å². The smallest absolute Gasteiger partial charge is 0.223 e. The van der Waals surface area contributed by atoms with Gasteiger partial charge in [-0.25, -0.2) is 0 Å². The van der Waals surface area contributed by atoms with Crippen molar-refractivity contribution >= 4 is 5.91 Å². The molecule has 1 atom stereocenters. The van der Waals surface area contributed by atoms with Crippen LogP contribution in [0.5, 0.6) is 0 Å². The first-order chi connectivity index (χ1) is 10.1. The van der Waals surface area contributed by atoms with Crippen LogP contribution in [0.4, 0.5) is 0 Å². The molecule has 0 bridgehead atoms. The van der Waals surface area contributed by atoms with E-state index in [1.54, 1.807) is 0 Å². The number of hydrogen-bond donors (Lipinski definition) is 1. The Morgan fingerprint density at radius 2 is 1.76 bits per heavy atom. The van der Waals surface area contributed by atoms with Gasteiger partial charge in [0.25, 0.3) is 0 Å². The van der Waals surface area contributed by atoms with Crippen LogP contribution < -0.4 is 0 Å². The van der Waals surface area contributed by atoms with Gasteiger partial charge in [0.2, 0.25) is 5.91 Å². The minimum Gasteiger partial charge on any atom is -0.395 e. The molecule has 1 aliphatic carbocycles. The summed E-state index contributed by atoms with van der Waals surface area (Å²) in [6.45, 7) is 8.09. The lowest BCUT2D eigenvalue weighted by Gasteiger charge is -2.40. The topological polar surface area (TPSA) is 43.8 Å². The summed E-state index contributed by atoms with van der Waals surface area (Å²) in [7, 11) is 0. The first-order valence-corrected chi connectivity index (χ1v) is 8.70. The molecule has 0 spiro atoms. The van der Waals surface area contributed by atoms with Crippen LogP contribution in [0.25, 0.3) is 0 Å². The molecule has 122 valence electrons. The van der Waals surface area contributed by atoms with Crippen LogP contribution >= 0.6 is 0 Å². The Morgan fingerprint density at radius 3 is 2.29 bits per heavy atom. The Morgan fingerprint density at radius 1 is 1.14 bits per heavy atom. The predicted octanol–water partition coefficient (Wildman–Crippen LogP) is 2.26. The van der Waals surface area contributed by atoms with Crippen molar-refractivity contribution in [1.82, 2.24) is 9.80 Å². The molecule has 21 heavy (non-hydrogen) atoms. The number of carbonyl (C=O) groups is 1. The highest BCUT2D eigenvalue weighted by Crippen LogP contribution is 2.39. The van der Waals surface area contributed by atoms with E-state index in [-0.39, 0.29) is 18.1 Å². The lowest BCUT2D eigenvalue weighted by Crippen LogP contribution is -2.53. The van der Waals surface area contributed by atoms with E-state index >= 15 is 0 Å². The third kappa shape index (κ3) is 4.43. The van der Waals surface area contributed by atoms with Gasteiger partial charge < -0.3 is 10.0 Å². The van der Waals surface area contributed by atoms with E-state index in [9.17, 15) is 9.90 Å². The number of aliphatic hydroxyl groups is 1. The maximum Gasteiger partial charge on any atom is 0.223 e. The monoisotopic (exact) mass is 296 g/mol. The Hall–Kier alpha value is -0.610. The van der Waals surface area contributed by atoms with Gasteiger partial charge in [-0.05, 0) is 24.7 Å². The summed E-state index contributed by atoms with van der Waals surface area (Å²) in [5.41, 5.74) is 0.240. The van der Waals surface area contributed by atoms with Crippen molar-refractivity contribution in [3.63, 3.8) is 0 Å². The van der Waals surface area contributed by atoms with Crippen molar-refractivity contribution < 1.29 is 9.90 Å². The minimum absolute atomic E-state index is 0.225. The molecule has 0 aromatic rings. The number of carbonyl (C=O) groups excluding carboxylic acids is 1. The zero-order valence-electron chi connectivity index (χ0n) is 13.8. The molecule has 0 aromatic carbocycles. The lowest BCUT2D eigenvalue weighted by molar-refractivity contribution is -0.136. The van der Waals surface area contributed by atoms with Crippen molar-refractivity contribution in [1.29, 1.82) is 0 Å². The second-order valence-corrected chi connectivity index (χ2v) is 7.21. The van der Waals surface area contributed by atoms with Crippen molar-refractivity contribution in [3.8, 4) is 0 Å². The Kier molecular flexibility index (Phi) is 6.06. The third-order valence-corrected chi connectivity index (χ3v) is 5.50. The predicted molar refractivity (Wildman–Crippen MR) is 85.1 cm³/mol. The Labute approximate surface area is 129 Å². The SMILES string of the molecule is CCC(CO)N1CCN(C(=O)CC2(C)CCCCC2)CC1. The first-order valence-electron chi connectivity index (χ1n) is 8.70. The summed E-state index contributed by atoms with van der Waals surface area (Å²) in [5.74, 6) is 0.344. The molecule has 1 saturated heterocycles. The molecule has 4 nitrogen and oxygen atoms in total. The van der Waals surface area contributed by atoms with Gasteiger partial charge in [0.15, 0.2) is 0 Å². The van der Waals surface area contributed by atoms with Crippen molar-refractivity contribution in [2.45, 2.75) is 64.8 Å². The van der Waals surface area contributed by atoms with Gasteiger partial charge in [0, 0.05) is 38.6 Å². The van der Waals surface area contributed by atoms with Crippen LogP contribution in [-0.4, -0.2) is 59.6 Å². The highest BCUT2D eigenvalue weighted by molar-refractivity contribution is 5.77. The highest BCUT2D eigenvalue weighted by Gasteiger charge is 2.32. The molecule has 2 fully saturated rings. The molecule has 1 amide bonds. The summed E-state index contributed by atoms with van der Waals surface area (Å²) in [6.07, 6.45) is 8.02. The summed E-state index contributed by atoms with van der Waals surface area (Å²) in [5, 5.41) is 9.38. The van der Waals surface area contributed by atoms with E-state index in [0.29, 0.717) is 5.91 Å². The largest absolute Gasteiger partial charge is 0.395 e. The molecule has 1 unspecified atom stereocenters.